The van der Waals surface area contributed by atoms with Gasteiger partial charge in [-0.05, 0) is 92.6 Å². The van der Waals surface area contributed by atoms with Crippen LogP contribution in [0.2, 0.25) is 14.4 Å². The molecule has 0 aliphatic heterocycles. The lowest BCUT2D eigenvalue weighted by Gasteiger charge is -2.08. The van der Waals surface area contributed by atoms with Crippen molar-refractivity contribution in [1.82, 2.24) is 9.13 Å². The minimum absolute atomic E-state index is 0.253. The molecule has 2 N–H and O–H groups in total. The van der Waals surface area contributed by atoms with E-state index in [1.165, 1.54) is 47.6 Å². The van der Waals surface area contributed by atoms with Gasteiger partial charge in [-0.1, -0.05) is 34.8 Å². The van der Waals surface area contributed by atoms with Gasteiger partial charge in [0, 0.05) is 27.7 Å². The standard InChI is InChI=1S/C19H15ClFNO4.C18H15Cl2NO4S/c1-10-13(8-18(23)24)14-7-17(26-2)15(20)9-16(14)22(10)19(25)11-3-5-12(21)6-4-11;1-8(18(23)24)16-9(2)21(17(22)14-4-5-15(20)26-14)12-7-11(19)13(25-3)6-10(12)16/h3-7,9H,8H2,1-2H3,(H,23,24);4-8H,1-3H3,(H,23,24). The molecule has 10 nitrogen and oxygen atoms in total. The van der Waals surface area contributed by atoms with Crippen LogP contribution in [0.1, 0.15) is 55.4 Å². The summed E-state index contributed by atoms with van der Waals surface area (Å²) >= 11 is 19.6. The molecule has 15 heteroatoms. The maximum absolute atomic E-state index is 13.2. The molecule has 0 aliphatic carbocycles. The fourth-order valence-corrected chi connectivity index (χ4v) is 7.50. The van der Waals surface area contributed by atoms with Crippen molar-refractivity contribution in [2.45, 2.75) is 33.1 Å². The summed E-state index contributed by atoms with van der Waals surface area (Å²) in [6.45, 7) is 4.98. The summed E-state index contributed by atoms with van der Waals surface area (Å²) in [5.74, 6) is -3.12. The van der Waals surface area contributed by atoms with E-state index in [2.05, 4.69) is 0 Å². The molecule has 1 unspecified atom stereocenters. The summed E-state index contributed by atoms with van der Waals surface area (Å²) in [7, 11) is 2.94. The maximum Gasteiger partial charge on any atom is 0.310 e. The lowest BCUT2D eigenvalue weighted by atomic mass is 9.98. The first kappa shape index (κ1) is 38.4. The lowest BCUT2D eigenvalue weighted by molar-refractivity contribution is -0.138. The fourth-order valence-electron chi connectivity index (χ4n) is 6.06. The van der Waals surface area contributed by atoms with Crippen LogP contribution in [0.3, 0.4) is 0 Å². The highest BCUT2D eigenvalue weighted by atomic mass is 35.5. The smallest absolute Gasteiger partial charge is 0.310 e. The average molecular weight is 788 g/mol. The van der Waals surface area contributed by atoms with Gasteiger partial charge in [0.25, 0.3) is 11.8 Å². The van der Waals surface area contributed by atoms with Crippen LogP contribution in [-0.2, 0) is 16.0 Å². The van der Waals surface area contributed by atoms with E-state index < -0.39 is 29.6 Å². The molecule has 6 rings (SSSR count). The Balaban J connectivity index is 0.000000201. The van der Waals surface area contributed by atoms with Crippen molar-refractivity contribution >= 4 is 91.7 Å². The number of fused-ring (bicyclic) bond motifs is 2. The Labute approximate surface area is 315 Å². The van der Waals surface area contributed by atoms with Gasteiger partial charge in [-0.3, -0.25) is 28.3 Å². The monoisotopic (exact) mass is 786 g/mol. The second-order valence-corrected chi connectivity index (χ2v) is 14.1. The number of hydrogen-bond donors (Lipinski definition) is 2. The third kappa shape index (κ3) is 7.24. The number of carboxylic acids is 2. The molecule has 3 heterocycles. The van der Waals surface area contributed by atoms with Crippen LogP contribution in [0.25, 0.3) is 21.8 Å². The molecule has 6 aromatic rings. The van der Waals surface area contributed by atoms with Crippen molar-refractivity contribution in [1.29, 1.82) is 0 Å². The van der Waals surface area contributed by atoms with E-state index in [-0.39, 0.29) is 17.9 Å². The highest BCUT2D eigenvalue weighted by Gasteiger charge is 2.28. The van der Waals surface area contributed by atoms with E-state index in [9.17, 15) is 33.8 Å². The van der Waals surface area contributed by atoms with Crippen LogP contribution in [0.4, 0.5) is 4.39 Å². The van der Waals surface area contributed by atoms with Gasteiger partial charge in [-0.25, -0.2) is 4.39 Å². The molecule has 0 amide bonds. The van der Waals surface area contributed by atoms with Crippen molar-refractivity contribution < 1.29 is 43.3 Å². The van der Waals surface area contributed by atoms with Gasteiger partial charge in [-0.2, -0.15) is 0 Å². The number of methoxy groups -OCH3 is 2. The number of halogens is 4. The van der Waals surface area contributed by atoms with Gasteiger partial charge in [0.15, 0.2) is 0 Å². The molecular formula is C37H30Cl3FN2O8S. The van der Waals surface area contributed by atoms with Gasteiger partial charge in [0.05, 0.1) is 56.9 Å². The molecule has 0 aliphatic rings. The zero-order valence-corrected chi connectivity index (χ0v) is 31.3. The van der Waals surface area contributed by atoms with Crippen LogP contribution in [0, 0.1) is 19.7 Å². The second kappa shape index (κ2) is 15.4. The summed E-state index contributed by atoms with van der Waals surface area (Å²) in [6, 6.07) is 14.9. The molecule has 0 radical (unpaired) electrons. The van der Waals surface area contributed by atoms with Gasteiger partial charge >= 0.3 is 11.9 Å². The SMILES string of the molecule is COc1cc2c(C(C)C(=O)O)c(C)n(C(=O)c3ccc(Cl)s3)c2cc1Cl.COc1cc2c(CC(=O)O)c(C)n(C(=O)c3ccc(F)cc3)c2cc1Cl. The van der Waals surface area contributed by atoms with Gasteiger partial charge < -0.3 is 19.7 Å². The van der Waals surface area contributed by atoms with E-state index in [0.29, 0.717) is 75.1 Å². The molecule has 0 bridgehead atoms. The average Bonchev–Trinajstić information content (AvgIpc) is 3.73. The first-order valence-corrected chi connectivity index (χ1v) is 17.3. The fraction of sp³-hybridized carbons (Fsp3) is 0.189. The summed E-state index contributed by atoms with van der Waals surface area (Å²) in [4.78, 5) is 49.4. The van der Waals surface area contributed by atoms with Crippen LogP contribution in [-0.4, -0.2) is 57.3 Å². The molecule has 0 spiro atoms. The Kier molecular flexibility index (Phi) is 11.3. The summed E-state index contributed by atoms with van der Waals surface area (Å²) < 4.78 is 27.0. The van der Waals surface area contributed by atoms with Crippen molar-refractivity contribution in [2.24, 2.45) is 0 Å². The van der Waals surface area contributed by atoms with E-state index >= 15 is 0 Å². The molecular weight excluding hydrogens is 758 g/mol. The molecule has 3 aromatic carbocycles. The number of rotatable bonds is 8. The minimum Gasteiger partial charge on any atom is -0.495 e. The van der Waals surface area contributed by atoms with Crippen LogP contribution in [0.15, 0.2) is 60.7 Å². The summed E-state index contributed by atoms with van der Waals surface area (Å²) in [5.41, 5.74) is 3.37. The highest BCUT2D eigenvalue weighted by Crippen LogP contribution is 2.39. The first-order valence-electron chi connectivity index (χ1n) is 15.4. The van der Waals surface area contributed by atoms with Crippen LogP contribution in [0.5, 0.6) is 11.5 Å². The zero-order valence-electron chi connectivity index (χ0n) is 28.2. The summed E-state index contributed by atoms with van der Waals surface area (Å²) in [5, 5.41) is 20.6. The third-order valence-corrected chi connectivity index (χ3v) is 10.4. The number of carbonyl (C=O) groups excluding carboxylic acids is 2. The highest BCUT2D eigenvalue weighted by molar-refractivity contribution is 7.18. The van der Waals surface area contributed by atoms with Gasteiger partial charge in [0.2, 0.25) is 0 Å². The molecule has 0 saturated carbocycles. The molecule has 0 fully saturated rings. The van der Waals surface area contributed by atoms with E-state index in [1.54, 1.807) is 57.2 Å². The molecule has 1 atom stereocenters. The molecule has 270 valence electrons. The third-order valence-electron chi connectivity index (χ3n) is 8.55. The van der Waals surface area contributed by atoms with Crippen molar-refractivity contribution in [2.75, 3.05) is 14.2 Å². The first-order chi connectivity index (χ1) is 24.6. The number of carbonyl (C=O) groups is 4. The zero-order chi connectivity index (χ0) is 38.2. The Morgan fingerprint density at radius 2 is 1.33 bits per heavy atom. The number of thiophene rings is 1. The Morgan fingerprint density at radius 3 is 1.83 bits per heavy atom. The van der Waals surface area contributed by atoms with Crippen molar-refractivity contribution in [3.8, 4) is 11.5 Å². The number of aliphatic carboxylic acids is 2. The molecule has 3 aromatic heterocycles. The minimum atomic E-state index is -1.02. The number of aromatic nitrogens is 2. The quantitative estimate of drug-likeness (QED) is 0.156. The predicted octanol–water partition coefficient (Wildman–Crippen LogP) is 9.27. The number of carboxylic acid groups (broad SMARTS) is 2. The van der Waals surface area contributed by atoms with Crippen molar-refractivity contribution in [3.05, 3.63) is 114 Å². The molecule has 0 saturated heterocycles. The Morgan fingerprint density at radius 1 is 0.788 bits per heavy atom. The normalized spacial score (nSPS) is 11.6. The summed E-state index contributed by atoms with van der Waals surface area (Å²) in [6.07, 6.45) is -0.253. The number of hydrogen-bond acceptors (Lipinski definition) is 7. The Hall–Kier alpha value is -4.88. The second-order valence-electron chi connectivity index (χ2n) is 11.6. The van der Waals surface area contributed by atoms with E-state index in [1.807, 2.05) is 0 Å². The lowest BCUT2D eigenvalue weighted by Crippen LogP contribution is -2.14. The number of ether oxygens (including phenoxy) is 2. The largest absolute Gasteiger partial charge is 0.495 e. The van der Waals surface area contributed by atoms with Crippen LogP contribution >= 0.6 is 46.1 Å². The Bertz CT molecular complexity index is 2400. The van der Waals surface area contributed by atoms with Crippen LogP contribution < -0.4 is 9.47 Å². The predicted molar refractivity (Wildman–Crippen MR) is 199 cm³/mol. The van der Waals surface area contributed by atoms with Gasteiger partial charge in [0.1, 0.15) is 17.3 Å². The van der Waals surface area contributed by atoms with Crippen molar-refractivity contribution in [3.63, 3.8) is 0 Å². The number of nitrogens with zero attached hydrogens (tertiary/aromatic N) is 2. The molecule has 52 heavy (non-hydrogen) atoms. The van der Waals surface area contributed by atoms with Gasteiger partial charge in [-0.15, -0.1) is 11.3 Å². The van der Waals surface area contributed by atoms with E-state index in [0.717, 1.165) is 11.3 Å². The maximum atomic E-state index is 13.2. The number of benzene rings is 3. The topological polar surface area (TPSA) is 137 Å². The van der Waals surface area contributed by atoms with E-state index in [4.69, 9.17) is 44.3 Å².